The second kappa shape index (κ2) is 7.58. The van der Waals surface area contributed by atoms with Crippen LogP contribution in [0.15, 0.2) is 30.3 Å². The highest BCUT2D eigenvalue weighted by Gasteiger charge is 2.24. The van der Waals surface area contributed by atoms with Crippen LogP contribution < -0.4 is 0 Å². The molecule has 0 spiro atoms. The summed E-state index contributed by atoms with van der Waals surface area (Å²) in [7, 11) is 3.10. The number of fused-ring (bicyclic) bond motifs is 1. The van der Waals surface area contributed by atoms with Crippen molar-refractivity contribution in [1.29, 1.82) is 0 Å². The first kappa shape index (κ1) is 18.1. The number of nitrogens with zero attached hydrogens (tertiary/aromatic N) is 1. The van der Waals surface area contributed by atoms with Crippen molar-refractivity contribution in [3.8, 4) is 0 Å². The van der Waals surface area contributed by atoms with Gasteiger partial charge in [-0.3, -0.25) is 9.78 Å². The van der Waals surface area contributed by atoms with Gasteiger partial charge in [0.1, 0.15) is 0 Å². The van der Waals surface area contributed by atoms with Crippen LogP contribution in [0.5, 0.6) is 0 Å². The molecule has 0 aliphatic carbocycles. The van der Waals surface area contributed by atoms with Crippen LogP contribution in [0, 0.1) is 5.41 Å². The van der Waals surface area contributed by atoms with Gasteiger partial charge >= 0.3 is 5.97 Å². The van der Waals surface area contributed by atoms with E-state index in [1.165, 1.54) is 7.11 Å². The molecule has 1 heterocycles. The van der Waals surface area contributed by atoms with Crippen molar-refractivity contribution in [3.63, 3.8) is 0 Å². The molecule has 0 atom stereocenters. The molecule has 0 aliphatic heterocycles. The van der Waals surface area contributed by atoms with Crippen LogP contribution in [0.2, 0.25) is 0 Å². The molecule has 4 nitrogen and oxygen atoms in total. The molecular formula is C20H25NO3. The monoisotopic (exact) mass is 327 g/mol. The topological polar surface area (TPSA) is 48.4 Å². The van der Waals surface area contributed by atoms with E-state index in [0.29, 0.717) is 6.61 Å². The molecule has 1 aromatic carbocycles. The first-order valence-corrected chi connectivity index (χ1v) is 8.10. The molecule has 0 radical (unpaired) electrons. The highest BCUT2D eigenvalue weighted by Crippen LogP contribution is 2.23. The summed E-state index contributed by atoms with van der Waals surface area (Å²) in [5.74, 6) is -0.254. The van der Waals surface area contributed by atoms with Gasteiger partial charge < -0.3 is 9.47 Å². The van der Waals surface area contributed by atoms with Crippen LogP contribution in [0.1, 0.15) is 37.6 Å². The minimum absolute atomic E-state index is 0.254. The van der Waals surface area contributed by atoms with Crippen molar-refractivity contribution >= 4 is 22.9 Å². The maximum atomic E-state index is 11.8. The molecule has 0 saturated carbocycles. The smallest absolute Gasteiger partial charge is 0.315 e. The summed E-state index contributed by atoms with van der Waals surface area (Å²) < 4.78 is 10.1. The summed E-state index contributed by atoms with van der Waals surface area (Å²) in [6, 6.07) is 8.24. The van der Waals surface area contributed by atoms with Gasteiger partial charge in [0, 0.05) is 18.2 Å². The number of hydrogen-bond donors (Lipinski definition) is 0. The normalized spacial score (nSPS) is 12.0. The molecule has 24 heavy (non-hydrogen) atoms. The van der Waals surface area contributed by atoms with Crippen molar-refractivity contribution in [2.24, 2.45) is 5.41 Å². The highest BCUT2D eigenvalue weighted by atomic mass is 16.5. The summed E-state index contributed by atoms with van der Waals surface area (Å²) in [6.45, 7) is 6.33. The Morgan fingerprint density at radius 3 is 2.62 bits per heavy atom. The van der Waals surface area contributed by atoms with Crippen molar-refractivity contribution in [2.75, 3.05) is 14.2 Å². The van der Waals surface area contributed by atoms with Crippen LogP contribution in [0.25, 0.3) is 17.0 Å². The Labute approximate surface area is 143 Å². The van der Waals surface area contributed by atoms with Crippen LogP contribution in [0.3, 0.4) is 0 Å². The predicted octanol–water partition coefficient (Wildman–Crippen LogP) is 4.16. The first-order valence-electron chi connectivity index (χ1n) is 8.10. The fraction of sp³-hybridized carbons (Fsp3) is 0.400. The van der Waals surface area contributed by atoms with Crippen molar-refractivity contribution in [3.05, 3.63) is 47.2 Å². The number of aromatic nitrogens is 1. The van der Waals surface area contributed by atoms with Crippen LogP contribution in [-0.4, -0.2) is 25.2 Å². The Morgan fingerprint density at radius 1 is 1.25 bits per heavy atom. The van der Waals surface area contributed by atoms with Crippen LogP contribution in [-0.2, 0) is 27.3 Å². The maximum Gasteiger partial charge on any atom is 0.315 e. The lowest BCUT2D eigenvalue weighted by Crippen LogP contribution is -2.22. The van der Waals surface area contributed by atoms with Crippen LogP contribution in [0.4, 0.5) is 0 Å². The van der Waals surface area contributed by atoms with E-state index in [1.807, 2.05) is 44.2 Å². The van der Waals surface area contributed by atoms with E-state index in [-0.39, 0.29) is 5.97 Å². The van der Waals surface area contributed by atoms with Crippen molar-refractivity contribution in [2.45, 2.75) is 33.8 Å². The molecule has 0 fully saturated rings. The summed E-state index contributed by atoms with van der Waals surface area (Å²) >= 11 is 0. The average molecular weight is 327 g/mol. The Hall–Kier alpha value is -2.20. The van der Waals surface area contributed by atoms with E-state index in [2.05, 4.69) is 13.0 Å². The highest BCUT2D eigenvalue weighted by molar-refractivity contribution is 5.83. The molecular weight excluding hydrogens is 302 g/mol. The number of pyridine rings is 1. The zero-order valence-electron chi connectivity index (χ0n) is 15.1. The Balaban J connectivity index is 2.37. The molecule has 0 aliphatic rings. The van der Waals surface area contributed by atoms with Crippen molar-refractivity contribution in [1.82, 2.24) is 4.98 Å². The number of carbonyl (C=O) groups excluding carboxylic acids is 1. The fourth-order valence-corrected chi connectivity index (χ4v) is 2.59. The Morgan fingerprint density at radius 2 is 2.00 bits per heavy atom. The lowest BCUT2D eigenvalue weighted by atomic mass is 9.92. The second-order valence-corrected chi connectivity index (χ2v) is 6.38. The molecule has 128 valence electrons. The van der Waals surface area contributed by atoms with Crippen molar-refractivity contribution < 1.29 is 14.3 Å². The number of benzene rings is 1. The number of hydrogen-bond acceptors (Lipinski definition) is 4. The van der Waals surface area contributed by atoms with E-state index < -0.39 is 5.41 Å². The zero-order chi connectivity index (χ0) is 17.7. The average Bonchev–Trinajstić information content (AvgIpc) is 2.58. The van der Waals surface area contributed by atoms with Gasteiger partial charge in [0.05, 0.1) is 24.6 Å². The lowest BCUT2D eigenvalue weighted by Gasteiger charge is -2.16. The van der Waals surface area contributed by atoms with Gasteiger partial charge in [0.2, 0.25) is 0 Å². The SMILES string of the molecule is CCc1nc2cc(/C=C/C(C)(C)C(=O)OC)ccc2cc1COC. The third-order valence-electron chi connectivity index (χ3n) is 4.05. The van der Waals surface area contributed by atoms with Crippen LogP contribution >= 0.6 is 0 Å². The van der Waals surface area contributed by atoms with Gasteiger partial charge in [-0.05, 0) is 43.5 Å². The molecule has 2 rings (SSSR count). The van der Waals surface area contributed by atoms with Gasteiger partial charge in [0.15, 0.2) is 0 Å². The molecule has 4 heteroatoms. The quantitative estimate of drug-likeness (QED) is 0.748. The van der Waals surface area contributed by atoms with E-state index in [0.717, 1.165) is 34.1 Å². The Kier molecular flexibility index (Phi) is 5.73. The number of rotatable bonds is 6. The largest absolute Gasteiger partial charge is 0.468 e. The van der Waals surface area contributed by atoms with Gasteiger partial charge in [0.25, 0.3) is 0 Å². The number of ether oxygens (including phenoxy) is 2. The summed E-state index contributed by atoms with van der Waals surface area (Å²) in [5.41, 5.74) is 3.48. The third kappa shape index (κ3) is 4.01. The number of carbonyl (C=O) groups is 1. The second-order valence-electron chi connectivity index (χ2n) is 6.38. The molecule has 0 bridgehead atoms. The standard InChI is InChI=1S/C20H25NO3/c1-6-17-16(13-23-4)12-15-8-7-14(11-18(15)21-17)9-10-20(2,3)19(22)24-5/h7-12H,6,13H2,1-5H3/b10-9+. The summed E-state index contributed by atoms with van der Waals surface area (Å²) in [6.07, 6.45) is 4.66. The third-order valence-corrected chi connectivity index (χ3v) is 4.05. The molecule has 0 amide bonds. The van der Waals surface area contributed by atoms with E-state index >= 15 is 0 Å². The summed E-state index contributed by atoms with van der Waals surface area (Å²) in [5, 5.41) is 1.09. The molecule has 2 aromatic rings. The molecule has 0 unspecified atom stereocenters. The van der Waals surface area contributed by atoms with Gasteiger partial charge in [-0.2, -0.15) is 0 Å². The minimum Gasteiger partial charge on any atom is -0.468 e. The first-order chi connectivity index (χ1) is 11.4. The predicted molar refractivity (Wildman–Crippen MR) is 96.7 cm³/mol. The van der Waals surface area contributed by atoms with E-state index in [9.17, 15) is 4.79 Å². The number of methoxy groups -OCH3 is 2. The fourth-order valence-electron chi connectivity index (χ4n) is 2.59. The van der Waals surface area contributed by atoms with E-state index in [4.69, 9.17) is 14.5 Å². The van der Waals surface area contributed by atoms with Gasteiger partial charge in [-0.15, -0.1) is 0 Å². The van der Waals surface area contributed by atoms with Gasteiger partial charge in [-0.1, -0.05) is 31.2 Å². The maximum absolute atomic E-state index is 11.8. The summed E-state index contributed by atoms with van der Waals surface area (Å²) in [4.78, 5) is 16.5. The molecule has 1 aromatic heterocycles. The van der Waals surface area contributed by atoms with E-state index in [1.54, 1.807) is 7.11 Å². The lowest BCUT2D eigenvalue weighted by molar-refractivity contribution is -0.148. The zero-order valence-corrected chi connectivity index (χ0v) is 15.1. The minimum atomic E-state index is -0.659. The van der Waals surface area contributed by atoms with Gasteiger partial charge in [-0.25, -0.2) is 0 Å². The number of aryl methyl sites for hydroxylation is 1. The number of esters is 1. The molecule has 0 N–H and O–H groups in total. The Bertz CT molecular complexity index is 763. The molecule has 0 saturated heterocycles.